The van der Waals surface area contributed by atoms with Crippen LogP contribution in [0.2, 0.25) is 0 Å². The van der Waals surface area contributed by atoms with Crippen molar-refractivity contribution in [1.82, 2.24) is 9.88 Å². The summed E-state index contributed by atoms with van der Waals surface area (Å²) < 4.78 is 18.8. The Morgan fingerprint density at radius 3 is 2.51 bits per heavy atom. The number of aryl methyl sites for hydroxylation is 1. The molecule has 10 heteroatoms. The third kappa shape index (κ3) is 3.96. The van der Waals surface area contributed by atoms with E-state index >= 15 is 0 Å². The van der Waals surface area contributed by atoms with Gasteiger partial charge in [-0.1, -0.05) is 24.3 Å². The van der Waals surface area contributed by atoms with Crippen LogP contribution in [0.15, 0.2) is 48.7 Å². The number of ether oxygens (including phenoxy) is 3. The average molecular weight is 477 g/mol. The van der Waals surface area contributed by atoms with Gasteiger partial charge >= 0.3 is 5.69 Å². The van der Waals surface area contributed by atoms with Crippen LogP contribution in [0.25, 0.3) is 22.0 Å². The minimum atomic E-state index is -0.762. The molecule has 3 aromatic rings. The Kier molecular flexibility index (Phi) is 5.42. The van der Waals surface area contributed by atoms with Crippen molar-refractivity contribution >= 4 is 39.6 Å². The van der Waals surface area contributed by atoms with Gasteiger partial charge in [0.2, 0.25) is 0 Å². The molecule has 0 bridgehead atoms. The highest BCUT2D eigenvalue weighted by Gasteiger charge is 2.39. The molecular weight excluding hydrogens is 454 g/mol. The molecule has 2 aliphatic rings. The Bertz CT molecular complexity index is 1420. The number of benzene rings is 2. The first-order valence-electron chi connectivity index (χ1n) is 11.0. The highest BCUT2D eigenvalue weighted by atomic mass is 16.7. The van der Waals surface area contributed by atoms with Gasteiger partial charge in [-0.15, -0.1) is 0 Å². The molecule has 5 rings (SSSR count). The first-order valence-corrected chi connectivity index (χ1v) is 11.0. The molecule has 0 spiro atoms. The summed E-state index contributed by atoms with van der Waals surface area (Å²) in [5.74, 6) is -2.10. The van der Waals surface area contributed by atoms with E-state index in [1.807, 2.05) is 35.9 Å². The number of rotatable bonds is 6. The lowest BCUT2D eigenvalue weighted by Gasteiger charge is -2.17. The molecule has 35 heavy (non-hydrogen) atoms. The highest BCUT2D eigenvalue weighted by Crippen LogP contribution is 2.42. The lowest BCUT2D eigenvalue weighted by molar-refractivity contribution is -0.386. The Labute approximate surface area is 200 Å². The van der Waals surface area contributed by atoms with Crippen LogP contribution in [0, 0.1) is 10.1 Å². The van der Waals surface area contributed by atoms with E-state index in [1.54, 1.807) is 26.1 Å². The van der Waals surface area contributed by atoms with E-state index in [1.165, 1.54) is 12.1 Å². The van der Waals surface area contributed by atoms with E-state index in [4.69, 9.17) is 14.2 Å². The summed E-state index contributed by atoms with van der Waals surface area (Å²) >= 11 is 0. The van der Waals surface area contributed by atoms with Crippen molar-refractivity contribution in [3.8, 4) is 5.75 Å². The summed E-state index contributed by atoms with van der Waals surface area (Å²) in [6.07, 6.45) is 1.33. The second-order valence-electron chi connectivity index (χ2n) is 8.88. The van der Waals surface area contributed by atoms with Crippen molar-refractivity contribution in [2.75, 3.05) is 13.2 Å². The quantitative estimate of drug-likeness (QED) is 0.329. The third-order valence-electron chi connectivity index (χ3n) is 6.04. The van der Waals surface area contributed by atoms with Crippen LogP contribution in [0.1, 0.15) is 25.0 Å². The molecule has 180 valence electrons. The fourth-order valence-corrected chi connectivity index (χ4v) is 4.57. The number of nitro groups is 1. The number of carbonyl (C=O) groups excluding carboxylic acids is 2. The Balaban J connectivity index is 1.62. The van der Waals surface area contributed by atoms with Gasteiger partial charge in [0.1, 0.15) is 12.7 Å². The molecular formula is C25H23N3O7. The Morgan fingerprint density at radius 2 is 1.83 bits per heavy atom. The highest BCUT2D eigenvalue weighted by molar-refractivity contribution is 6.50. The summed E-state index contributed by atoms with van der Waals surface area (Å²) in [6.45, 7) is 3.85. The van der Waals surface area contributed by atoms with Crippen LogP contribution >= 0.6 is 0 Å². The summed E-state index contributed by atoms with van der Waals surface area (Å²) in [4.78, 5) is 37.4. The molecule has 10 nitrogen and oxygen atoms in total. The molecule has 0 unspecified atom stereocenters. The van der Waals surface area contributed by atoms with Crippen LogP contribution in [0.5, 0.6) is 5.75 Å². The monoisotopic (exact) mass is 477 g/mol. The van der Waals surface area contributed by atoms with Crippen molar-refractivity contribution in [1.29, 1.82) is 0 Å². The van der Waals surface area contributed by atoms with E-state index in [0.717, 1.165) is 10.9 Å². The molecule has 1 aromatic heterocycles. The number of aromatic nitrogens is 1. The van der Waals surface area contributed by atoms with E-state index in [9.17, 15) is 19.7 Å². The lowest BCUT2D eigenvalue weighted by atomic mass is 9.94. The number of hydrogen-bond donors (Lipinski definition) is 1. The van der Waals surface area contributed by atoms with E-state index in [0.29, 0.717) is 5.56 Å². The fraction of sp³-hybridized carbons (Fsp3) is 0.280. The second-order valence-corrected chi connectivity index (χ2v) is 8.88. The number of hydrogen-bond acceptors (Lipinski definition) is 7. The van der Waals surface area contributed by atoms with Crippen LogP contribution in [-0.2, 0) is 26.1 Å². The van der Waals surface area contributed by atoms with Crippen molar-refractivity contribution < 1.29 is 28.7 Å². The molecule has 0 saturated carbocycles. The predicted molar refractivity (Wildman–Crippen MR) is 126 cm³/mol. The minimum absolute atomic E-state index is 0.00250. The molecule has 1 N–H and O–H groups in total. The molecule has 1 fully saturated rings. The first kappa shape index (κ1) is 22.8. The van der Waals surface area contributed by atoms with Crippen LogP contribution in [0.3, 0.4) is 0 Å². The van der Waals surface area contributed by atoms with Crippen LogP contribution in [-0.4, -0.2) is 46.4 Å². The van der Waals surface area contributed by atoms with Crippen molar-refractivity contribution in [3.05, 3.63) is 69.9 Å². The normalized spacial score (nSPS) is 19.5. The summed E-state index contributed by atoms with van der Waals surface area (Å²) in [6, 6.07) is 11.9. The lowest BCUT2D eigenvalue weighted by Crippen LogP contribution is -2.25. The number of nitro benzene ring substituents is 1. The molecule has 3 heterocycles. The average Bonchev–Trinajstić information content (AvgIpc) is 3.43. The van der Waals surface area contributed by atoms with Crippen molar-refractivity contribution in [3.63, 3.8) is 0 Å². The van der Waals surface area contributed by atoms with Crippen LogP contribution < -0.4 is 10.1 Å². The topological polar surface area (TPSA) is 122 Å². The molecule has 0 aliphatic carbocycles. The van der Waals surface area contributed by atoms with E-state index < -0.39 is 34.3 Å². The maximum absolute atomic E-state index is 12.9. The van der Waals surface area contributed by atoms with E-state index in [2.05, 4.69) is 5.32 Å². The minimum Gasteiger partial charge on any atom is -0.484 e. The Hall–Kier alpha value is -4.02. The zero-order chi connectivity index (χ0) is 24.9. The third-order valence-corrected chi connectivity index (χ3v) is 6.04. The number of imide groups is 1. The van der Waals surface area contributed by atoms with Gasteiger partial charge < -0.3 is 18.8 Å². The van der Waals surface area contributed by atoms with Gasteiger partial charge in [0.05, 0.1) is 28.2 Å². The second kappa shape index (κ2) is 8.33. The van der Waals surface area contributed by atoms with Gasteiger partial charge in [-0.25, -0.2) is 0 Å². The molecule has 1 saturated heterocycles. The fourth-order valence-electron chi connectivity index (χ4n) is 4.57. The zero-order valence-electron chi connectivity index (χ0n) is 19.4. The number of para-hydroxylation sites is 2. The smallest absolute Gasteiger partial charge is 0.318 e. The first-order chi connectivity index (χ1) is 16.7. The van der Waals surface area contributed by atoms with Crippen LogP contribution in [0.4, 0.5) is 5.69 Å². The van der Waals surface area contributed by atoms with E-state index in [-0.39, 0.29) is 35.7 Å². The number of nitrogens with one attached hydrogen (secondary N) is 1. The van der Waals surface area contributed by atoms with Crippen molar-refractivity contribution in [2.24, 2.45) is 7.05 Å². The molecule has 2 amide bonds. The zero-order valence-corrected chi connectivity index (χ0v) is 19.4. The maximum atomic E-state index is 12.9. The van der Waals surface area contributed by atoms with Gasteiger partial charge in [0.25, 0.3) is 11.8 Å². The summed E-state index contributed by atoms with van der Waals surface area (Å²) in [5.41, 5.74) is 0.993. The van der Waals surface area contributed by atoms with Gasteiger partial charge in [0, 0.05) is 29.7 Å². The van der Waals surface area contributed by atoms with Gasteiger partial charge in [0.15, 0.2) is 11.5 Å². The molecule has 2 aliphatic heterocycles. The molecule has 1 atom stereocenters. The molecule has 0 radical (unpaired) electrons. The van der Waals surface area contributed by atoms with Crippen molar-refractivity contribution in [2.45, 2.75) is 25.7 Å². The predicted octanol–water partition coefficient (Wildman–Crippen LogP) is 3.18. The Morgan fingerprint density at radius 1 is 1.11 bits per heavy atom. The summed E-state index contributed by atoms with van der Waals surface area (Å²) in [5, 5.41) is 15.2. The van der Waals surface area contributed by atoms with Gasteiger partial charge in [-0.05, 0) is 32.0 Å². The number of amides is 2. The SMILES string of the molecule is Cn1cc(C2=C(c3cccc(OC[C@@H]4COC(C)(C)O4)c3[N+](=O)[O-])C(=O)NC2=O)c2ccccc21. The maximum Gasteiger partial charge on any atom is 0.318 e. The summed E-state index contributed by atoms with van der Waals surface area (Å²) in [7, 11) is 1.83. The number of fused-ring (bicyclic) bond motifs is 1. The van der Waals surface area contributed by atoms with Gasteiger partial charge in [-0.2, -0.15) is 0 Å². The number of carbonyl (C=O) groups is 2. The van der Waals surface area contributed by atoms with Gasteiger partial charge in [-0.3, -0.25) is 25.0 Å². The number of nitrogens with zero attached hydrogens (tertiary/aromatic N) is 2. The largest absolute Gasteiger partial charge is 0.484 e. The molecule has 2 aromatic carbocycles. The standard InChI is InChI=1S/C25H23N3O7/c1-25(2)34-13-14(35-25)12-33-19-10-6-8-16(22(19)28(31)32)20-21(24(30)26-23(20)29)17-11-27(3)18-9-5-4-7-15(17)18/h4-11,14H,12-13H2,1-3H3,(H,26,29,30)/t14-/m1/s1.